The van der Waals surface area contributed by atoms with E-state index in [4.69, 9.17) is 22.1 Å². The van der Waals surface area contributed by atoms with E-state index in [1.54, 1.807) is 37.3 Å². The number of esters is 1. The molecule has 0 saturated carbocycles. The summed E-state index contributed by atoms with van der Waals surface area (Å²) in [6, 6.07) is 8.58. The SMILES string of the molecule is CCCOC(=O)c1c(NC(=O)c2cc(-c3ccc(Cl)cc3)n[nH]2)sc(C(N)=O)c1C. The van der Waals surface area contributed by atoms with Gasteiger partial charge in [0, 0.05) is 10.6 Å². The Morgan fingerprint density at radius 2 is 1.97 bits per heavy atom. The smallest absolute Gasteiger partial charge is 0.341 e. The second kappa shape index (κ2) is 9.10. The standard InChI is InChI=1S/C20H19ClN4O4S/c1-3-8-29-20(28)15-10(2)16(17(22)26)30-19(15)23-18(27)14-9-13(24-25-14)11-4-6-12(21)7-5-11/h4-7,9H,3,8H2,1-2H3,(H2,22,26)(H,23,27)(H,24,25). The summed E-state index contributed by atoms with van der Waals surface area (Å²) in [6.45, 7) is 3.67. The Morgan fingerprint density at radius 3 is 2.60 bits per heavy atom. The number of nitrogens with one attached hydrogen (secondary N) is 2. The average molecular weight is 447 g/mol. The van der Waals surface area contributed by atoms with Crippen molar-refractivity contribution in [1.29, 1.82) is 0 Å². The van der Waals surface area contributed by atoms with Crippen LogP contribution in [-0.4, -0.2) is 34.6 Å². The van der Waals surface area contributed by atoms with Crippen LogP contribution in [0.15, 0.2) is 30.3 Å². The highest BCUT2D eigenvalue weighted by molar-refractivity contribution is 7.18. The Morgan fingerprint density at radius 1 is 1.27 bits per heavy atom. The van der Waals surface area contributed by atoms with Crippen LogP contribution >= 0.6 is 22.9 Å². The molecule has 1 aromatic carbocycles. The zero-order chi connectivity index (χ0) is 21.8. The second-order valence-corrected chi connectivity index (χ2v) is 7.85. The third-order valence-electron chi connectivity index (χ3n) is 4.20. The molecule has 0 aliphatic rings. The number of benzene rings is 1. The number of nitrogens with two attached hydrogens (primary N) is 1. The summed E-state index contributed by atoms with van der Waals surface area (Å²) >= 11 is 6.82. The summed E-state index contributed by atoms with van der Waals surface area (Å²) in [6.07, 6.45) is 0.640. The summed E-state index contributed by atoms with van der Waals surface area (Å²) in [7, 11) is 0. The lowest BCUT2D eigenvalue weighted by Crippen LogP contribution is -2.15. The molecule has 2 heterocycles. The van der Waals surface area contributed by atoms with Crippen molar-refractivity contribution < 1.29 is 19.1 Å². The number of hydrogen-bond acceptors (Lipinski definition) is 6. The Balaban J connectivity index is 1.87. The molecule has 8 nitrogen and oxygen atoms in total. The molecule has 2 aromatic heterocycles. The Bertz CT molecular complexity index is 1100. The molecule has 0 unspecified atom stereocenters. The third kappa shape index (κ3) is 4.52. The van der Waals surface area contributed by atoms with Gasteiger partial charge < -0.3 is 15.8 Å². The van der Waals surface area contributed by atoms with Gasteiger partial charge in [0.2, 0.25) is 0 Å². The lowest BCUT2D eigenvalue weighted by Gasteiger charge is -2.07. The average Bonchev–Trinajstić information content (AvgIpc) is 3.32. The first-order chi connectivity index (χ1) is 14.3. The van der Waals surface area contributed by atoms with Crippen molar-refractivity contribution in [3.8, 4) is 11.3 Å². The summed E-state index contributed by atoms with van der Waals surface area (Å²) in [5.41, 5.74) is 7.40. The van der Waals surface area contributed by atoms with Crippen LogP contribution in [0.4, 0.5) is 5.00 Å². The molecular weight excluding hydrogens is 428 g/mol. The minimum absolute atomic E-state index is 0.119. The Hall–Kier alpha value is -3.17. The molecule has 0 radical (unpaired) electrons. The molecule has 4 N–H and O–H groups in total. The van der Waals surface area contributed by atoms with Gasteiger partial charge in [-0.1, -0.05) is 30.7 Å². The largest absolute Gasteiger partial charge is 0.462 e. The van der Waals surface area contributed by atoms with Crippen LogP contribution in [0.1, 0.15) is 49.4 Å². The fraction of sp³-hybridized carbons (Fsp3) is 0.200. The van der Waals surface area contributed by atoms with E-state index in [0.717, 1.165) is 16.9 Å². The molecule has 0 atom stereocenters. The van der Waals surface area contributed by atoms with E-state index in [0.29, 0.717) is 22.7 Å². The van der Waals surface area contributed by atoms with E-state index in [1.165, 1.54) is 0 Å². The highest BCUT2D eigenvalue weighted by Crippen LogP contribution is 2.34. The molecule has 0 fully saturated rings. The lowest BCUT2D eigenvalue weighted by molar-refractivity contribution is 0.0506. The van der Waals surface area contributed by atoms with Crippen molar-refractivity contribution in [2.24, 2.45) is 5.73 Å². The number of amides is 2. The summed E-state index contributed by atoms with van der Waals surface area (Å²) < 4.78 is 5.18. The van der Waals surface area contributed by atoms with Crippen LogP contribution in [0.25, 0.3) is 11.3 Å². The number of carbonyl (C=O) groups is 3. The molecule has 0 saturated heterocycles. The number of hydrogen-bond donors (Lipinski definition) is 3. The molecular formula is C20H19ClN4O4S. The Labute approximate surface area is 181 Å². The predicted molar refractivity (Wildman–Crippen MR) is 115 cm³/mol. The zero-order valence-electron chi connectivity index (χ0n) is 16.2. The van der Waals surface area contributed by atoms with Gasteiger partial charge in [-0.2, -0.15) is 5.10 Å². The molecule has 3 aromatic rings. The topological polar surface area (TPSA) is 127 Å². The maximum absolute atomic E-state index is 12.7. The zero-order valence-corrected chi connectivity index (χ0v) is 17.8. The van der Waals surface area contributed by atoms with Gasteiger partial charge in [0.05, 0.1) is 22.7 Å². The van der Waals surface area contributed by atoms with Gasteiger partial charge in [-0.3, -0.25) is 14.7 Å². The monoisotopic (exact) mass is 446 g/mol. The highest BCUT2D eigenvalue weighted by atomic mass is 35.5. The van der Waals surface area contributed by atoms with Crippen molar-refractivity contribution in [2.45, 2.75) is 20.3 Å². The van der Waals surface area contributed by atoms with Gasteiger partial charge in [0.1, 0.15) is 10.7 Å². The van der Waals surface area contributed by atoms with E-state index >= 15 is 0 Å². The van der Waals surface area contributed by atoms with Gasteiger partial charge in [0.15, 0.2) is 0 Å². The number of carbonyl (C=O) groups excluding carboxylic acids is 3. The molecule has 2 amide bonds. The van der Waals surface area contributed by atoms with Crippen LogP contribution in [-0.2, 0) is 4.74 Å². The molecule has 0 bridgehead atoms. The number of anilines is 1. The first-order valence-corrected chi connectivity index (χ1v) is 10.2. The number of H-pyrrole nitrogens is 1. The molecule has 0 aliphatic heterocycles. The molecule has 156 valence electrons. The normalized spacial score (nSPS) is 10.6. The maximum Gasteiger partial charge on any atom is 0.341 e. The predicted octanol–water partition coefficient (Wildman–Crippen LogP) is 4.02. The molecule has 3 rings (SSSR count). The van der Waals surface area contributed by atoms with Gasteiger partial charge in [-0.25, -0.2) is 4.79 Å². The molecule has 30 heavy (non-hydrogen) atoms. The first-order valence-electron chi connectivity index (χ1n) is 9.04. The highest BCUT2D eigenvalue weighted by Gasteiger charge is 2.26. The van der Waals surface area contributed by atoms with E-state index in [1.807, 2.05) is 6.92 Å². The lowest BCUT2D eigenvalue weighted by atomic mass is 10.1. The maximum atomic E-state index is 12.7. The summed E-state index contributed by atoms with van der Waals surface area (Å²) in [4.78, 5) is 37.1. The van der Waals surface area contributed by atoms with Crippen molar-refractivity contribution in [3.05, 3.63) is 57.1 Å². The van der Waals surface area contributed by atoms with Crippen LogP contribution in [0, 0.1) is 6.92 Å². The van der Waals surface area contributed by atoms with Crippen molar-refractivity contribution in [1.82, 2.24) is 10.2 Å². The van der Waals surface area contributed by atoms with E-state index in [2.05, 4.69) is 15.5 Å². The number of nitrogens with zero attached hydrogens (tertiary/aromatic N) is 1. The quantitative estimate of drug-likeness (QED) is 0.472. The van der Waals surface area contributed by atoms with Gasteiger partial charge in [-0.05, 0) is 37.1 Å². The second-order valence-electron chi connectivity index (χ2n) is 6.39. The number of aromatic nitrogens is 2. The van der Waals surface area contributed by atoms with Crippen molar-refractivity contribution in [2.75, 3.05) is 11.9 Å². The number of halogens is 1. The van der Waals surface area contributed by atoms with Crippen molar-refractivity contribution >= 4 is 45.7 Å². The Kier molecular flexibility index (Phi) is 6.53. The van der Waals surface area contributed by atoms with Gasteiger partial charge in [-0.15, -0.1) is 11.3 Å². The number of aromatic amines is 1. The third-order valence-corrected chi connectivity index (χ3v) is 5.68. The minimum Gasteiger partial charge on any atom is -0.462 e. The molecule has 0 aliphatic carbocycles. The van der Waals surface area contributed by atoms with E-state index in [-0.39, 0.29) is 27.7 Å². The summed E-state index contributed by atoms with van der Waals surface area (Å²) in [5.74, 6) is -1.83. The van der Waals surface area contributed by atoms with E-state index in [9.17, 15) is 14.4 Å². The number of rotatable bonds is 7. The molecule has 0 spiro atoms. The van der Waals surface area contributed by atoms with Crippen LogP contribution in [0.3, 0.4) is 0 Å². The fourth-order valence-electron chi connectivity index (χ4n) is 2.73. The minimum atomic E-state index is -0.686. The van der Waals surface area contributed by atoms with Crippen LogP contribution < -0.4 is 11.1 Å². The van der Waals surface area contributed by atoms with Crippen LogP contribution in [0.5, 0.6) is 0 Å². The van der Waals surface area contributed by atoms with E-state index < -0.39 is 17.8 Å². The number of thiophene rings is 1. The van der Waals surface area contributed by atoms with Gasteiger partial charge >= 0.3 is 5.97 Å². The fourth-order valence-corrected chi connectivity index (χ4v) is 3.89. The number of primary amides is 1. The van der Waals surface area contributed by atoms with Crippen molar-refractivity contribution in [3.63, 3.8) is 0 Å². The first kappa shape index (κ1) is 21.5. The van der Waals surface area contributed by atoms with Crippen LogP contribution in [0.2, 0.25) is 5.02 Å². The summed E-state index contributed by atoms with van der Waals surface area (Å²) in [5, 5.41) is 10.2. The van der Waals surface area contributed by atoms with Gasteiger partial charge in [0.25, 0.3) is 11.8 Å². The number of ether oxygens (including phenoxy) is 1. The molecule has 10 heteroatoms.